The average molecular weight is 301 g/mol. The van der Waals surface area contributed by atoms with Crippen molar-refractivity contribution in [3.8, 4) is 0 Å². The van der Waals surface area contributed by atoms with Gasteiger partial charge in [-0.2, -0.15) is 0 Å². The van der Waals surface area contributed by atoms with Gasteiger partial charge < -0.3 is 14.4 Å². The molecule has 1 N–H and O–H groups in total. The van der Waals surface area contributed by atoms with Crippen LogP contribution in [0.3, 0.4) is 0 Å². The molecule has 118 valence electrons. The molecule has 1 saturated carbocycles. The van der Waals surface area contributed by atoms with Crippen molar-refractivity contribution < 1.29 is 14.3 Å². The summed E-state index contributed by atoms with van der Waals surface area (Å²) in [4.78, 5) is 14.3. The second kappa shape index (κ2) is 6.13. The lowest BCUT2D eigenvalue weighted by atomic mass is 10.0. The van der Waals surface area contributed by atoms with Gasteiger partial charge in [0, 0.05) is 31.0 Å². The number of benzene rings is 1. The molecule has 0 spiro atoms. The second-order valence-electron chi connectivity index (χ2n) is 6.15. The van der Waals surface area contributed by atoms with Gasteiger partial charge in [-0.1, -0.05) is 25.1 Å². The molecule has 1 amide bonds. The van der Waals surface area contributed by atoms with Crippen LogP contribution in [0, 0.1) is 5.92 Å². The lowest BCUT2D eigenvalue weighted by Crippen LogP contribution is -2.36. The van der Waals surface area contributed by atoms with Gasteiger partial charge in [0.25, 0.3) is 0 Å². The lowest BCUT2D eigenvalue weighted by molar-refractivity contribution is -0.137. The number of furan rings is 1. The van der Waals surface area contributed by atoms with E-state index in [-0.39, 0.29) is 11.8 Å². The maximum absolute atomic E-state index is 12.6. The summed E-state index contributed by atoms with van der Waals surface area (Å²) in [6.45, 7) is 2.59. The largest absolute Gasteiger partial charge is 0.461 e. The van der Waals surface area contributed by atoms with Crippen molar-refractivity contribution in [1.29, 1.82) is 0 Å². The van der Waals surface area contributed by atoms with Crippen LogP contribution < -0.4 is 0 Å². The maximum atomic E-state index is 12.6. The van der Waals surface area contributed by atoms with Crippen LogP contribution in [0.4, 0.5) is 0 Å². The van der Waals surface area contributed by atoms with Crippen LogP contribution in [-0.4, -0.2) is 29.1 Å². The fraction of sp³-hybridized carbons (Fsp3) is 0.500. The molecule has 0 bridgehead atoms. The number of fused-ring (bicyclic) bond motifs is 1. The predicted octanol–water partition coefficient (Wildman–Crippen LogP) is 3.11. The van der Waals surface area contributed by atoms with Gasteiger partial charge in [0.2, 0.25) is 5.91 Å². The molecule has 0 saturated heterocycles. The highest BCUT2D eigenvalue weighted by Crippen LogP contribution is 2.30. The number of carbonyl (C=O) groups excluding carboxylic acids is 1. The van der Waals surface area contributed by atoms with E-state index in [2.05, 4.69) is 6.92 Å². The van der Waals surface area contributed by atoms with Crippen LogP contribution in [0.15, 0.2) is 28.7 Å². The Morgan fingerprint density at radius 2 is 2.14 bits per heavy atom. The van der Waals surface area contributed by atoms with Crippen LogP contribution in [-0.2, 0) is 17.8 Å². The summed E-state index contributed by atoms with van der Waals surface area (Å²) in [5.74, 6) is 0.735. The molecule has 4 nitrogen and oxygen atoms in total. The molecule has 0 radical (unpaired) electrons. The van der Waals surface area contributed by atoms with Gasteiger partial charge in [-0.25, -0.2) is 0 Å². The molecule has 1 aromatic carbocycles. The van der Waals surface area contributed by atoms with Crippen LogP contribution in [0.25, 0.3) is 11.0 Å². The first-order valence-corrected chi connectivity index (χ1v) is 8.04. The highest BCUT2D eigenvalue weighted by molar-refractivity contribution is 5.84. The Hall–Kier alpha value is -1.81. The van der Waals surface area contributed by atoms with E-state index in [0.717, 1.165) is 48.0 Å². The molecule has 2 unspecified atom stereocenters. The fourth-order valence-electron chi connectivity index (χ4n) is 3.44. The van der Waals surface area contributed by atoms with E-state index in [1.54, 1.807) is 4.90 Å². The Kier molecular flexibility index (Phi) is 4.21. The molecule has 22 heavy (non-hydrogen) atoms. The van der Waals surface area contributed by atoms with E-state index >= 15 is 0 Å². The monoisotopic (exact) mass is 301 g/mol. The van der Waals surface area contributed by atoms with Crippen molar-refractivity contribution in [3.63, 3.8) is 0 Å². The average Bonchev–Trinajstić information content (AvgIpc) is 3.10. The molecule has 4 heteroatoms. The lowest BCUT2D eigenvalue weighted by Gasteiger charge is -2.23. The third-order valence-electron chi connectivity index (χ3n) is 4.67. The van der Waals surface area contributed by atoms with E-state index in [9.17, 15) is 9.90 Å². The molecule has 2 aromatic rings. The molecule has 3 rings (SSSR count). The zero-order valence-electron chi connectivity index (χ0n) is 13.2. The van der Waals surface area contributed by atoms with Gasteiger partial charge in [-0.05, 0) is 25.3 Å². The zero-order valence-corrected chi connectivity index (χ0v) is 13.2. The summed E-state index contributed by atoms with van der Waals surface area (Å²) >= 11 is 0. The van der Waals surface area contributed by atoms with Crippen LogP contribution >= 0.6 is 0 Å². The summed E-state index contributed by atoms with van der Waals surface area (Å²) < 4.78 is 5.89. The summed E-state index contributed by atoms with van der Waals surface area (Å²) in [7, 11) is 1.81. The quantitative estimate of drug-likeness (QED) is 0.944. The van der Waals surface area contributed by atoms with Gasteiger partial charge in [0.1, 0.15) is 11.3 Å². The van der Waals surface area contributed by atoms with Crippen molar-refractivity contribution in [2.24, 2.45) is 5.92 Å². The number of carbonyl (C=O) groups is 1. The summed E-state index contributed by atoms with van der Waals surface area (Å²) in [6.07, 6.45) is 2.77. The first-order chi connectivity index (χ1) is 10.6. The number of aryl methyl sites for hydroxylation is 1. The van der Waals surface area contributed by atoms with E-state index in [1.807, 2.05) is 31.3 Å². The van der Waals surface area contributed by atoms with Crippen LogP contribution in [0.1, 0.15) is 37.5 Å². The molecule has 1 aliphatic carbocycles. The molecular weight excluding hydrogens is 278 g/mol. The van der Waals surface area contributed by atoms with E-state index in [4.69, 9.17) is 4.42 Å². The maximum Gasteiger partial charge on any atom is 0.228 e. The Morgan fingerprint density at radius 1 is 1.36 bits per heavy atom. The molecule has 1 fully saturated rings. The van der Waals surface area contributed by atoms with Crippen molar-refractivity contribution in [2.45, 2.75) is 45.3 Å². The van der Waals surface area contributed by atoms with Crippen molar-refractivity contribution >= 4 is 16.9 Å². The number of aliphatic hydroxyl groups is 1. The van der Waals surface area contributed by atoms with Crippen LogP contribution in [0.2, 0.25) is 0 Å². The number of aliphatic hydroxyl groups excluding tert-OH is 1. The highest BCUT2D eigenvalue weighted by Gasteiger charge is 2.33. The molecule has 1 aliphatic rings. The third-order valence-corrected chi connectivity index (χ3v) is 4.67. The first kappa shape index (κ1) is 15.1. The van der Waals surface area contributed by atoms with Crippen LogP contribution in [0.5, 0.6) is 0 Å². The minimum Gasteiger partial charge on any atom is -0.461 e. The molecule has 2 atom stereocenters. The number of rotatable bonds is 4. The second-order valence-corrected chi connectivity index (χ2v) is 6.15. The molecule has 1 heterocycles. The smallest absolute Gasteiger partial charge is 0.228 e. The van der Waals surface area contributed by atoms with Crippen molar-refractivity contribution in [3.05, 3.63) is 35.6 Å². The van der Waals surface area contributed by atoms with Gasteiger partial charge in [0.05, 0.1) is 12.0 Å². The number of hydrogen-bond donors (Lipinski definition) is 1. The van der Waals surface area contributed by atoms with E-state index in [0.29, 0.717) is 6.54 Å². The third kappa shape index (κ3) is 2.63. The van der Waals surface area contributed by atoms with E-state index < -0.39 is 6.10 Å². The minimum absolute atomic E-state index is 0.0392. The Labute approximate surface area is 130 Å². The SMILES string of the molecule is CCc1oc2ccccc2c1CN(C)C(=O)C1CCCC1O. The highest BCUT2D eigenvalue weighted by atomic mass is 16.3. The topological polar surface area (TPSA) is 53.7 Å². The predicted molar refractivity (Wildman–Crippen MR) is 85.4 cm³/mol. The number of hydrogen-bond acceptors (Lipinski definition) is 3. The van der Waals surface area contributed by atoms with Crippen molar-refractivity contribution in [1.82, 2.24) is 4.90 Å². The number of nitrogens with zero attached hydrogens (tertiary/aromatic N) is 1. The first-order valence-electron chi connectivity index (χ1n) is 8.04. The summed E-state index contributed by atoms with van der Waals surface area (Å²) in [5.41, 5.74) is 1.96. The zero-order chi connectivity index (χ0) is 15.7. The Morgan fingerprint density at radius 3 is 2.82 bits per heavy atom. The summed E-state index contributed by atoms with van der Waals surface area (Å²) in [6, 6.07) is 7.94. The fourth-order valence-corrected chi connectivity index (χ4v) is 3.44. The van der Waals surface area contributed by atoms with Gasteiger partial charge in [-0.3, -0.25) is 4.79 Å². The molecule has 1 aromatic heterocycles. The van der Waals surface area contributed by atoms with Gasteiger partial charge in [0.15, 0.2) is 0 Å². The van der Waals surface area contributed by atoms with E-state index in [1.165, 1.54) is 0 Å². The Bertz CT molecular complexity index is 676. The minimum atomic E-state index is -0.485. The molecular formula is C18H23NO3. The standard InChI is InChI=1S/C18H23NO3/c1-3-16-14(12-7-4-5-10-17(12)22-16)11-19(2)18(21)13-8-6-9-15(13)20/h4-5,7,10,13,15,20H,3,6,8-9,11H2,1-2H3. The number of para-hydroxylation sites is 1. The van der Waals surface area contributed by atoms with Crippen molar-refractivity contribution in [2.75, 3.05) is 7.05 Å². The molecule has 0 aliphatic heterocycles. The van der Waals surface area contributed by atoms with Gasteiger partial charge >= 0.3 is 0 Å². The normalized spacial score (nSPS) is 21.4. The Balaban J connectivity index is 1.84. The van der Waals surface area contributed by atoms with Gasteiger partial charge in [-0.15, -0.1) is 0 Å². The summed E-state index contributed by atoms with van der Waals surface area (Å²) in [5, 5.41) is 11.0. The number of amides is 1.